The topological polar surface area (TPSA) is 15.8 Å². The summed E-state index contributed by atoms with van der Waals surface area (Å²) < 4.78 is 14.5. The Bertz CT molecular complexity index is 855. The van der Waals surface area contributed by atoms with Gasteiger partial charge in [-0.25, -0.2) is 4.39 Å². The van der Waals surface area contributed by atoms with Crippen LogP contribution in [-0.4, -0.2) is 4.98 Å². The van der Waals surface area contributed by atoms with Crippen molar-refractivity contribution in [1.82, 2.24) is 4.98 Å². The first-order valence-corrected chi connectivity index (χ1v) is 6.88. The van der Waals surface area contributed by atoms with Crippen LogP contribution in [0.25, 0.3) is 31.6 Å². The molecule has 0 aliphatic rings. The fourth-order valence-electron chi connectivity index (χ4n) is 2.35. The molecule has 3 heteroatoms. The van der Waals surface area contributed by atoms with E-state index in [0.29, 0.717) is 0 Å². The number of thiophene rings is 1. The second kappa shape index (κ2) is 3.93. The number of hydrogen-bond donors (Lipinski definition) is 1. The normalized spacial score (nSPS) is 11.4. The molecule has 92 valence electrons. The predicted octanol–water partition coefficient (Wildman–Crippen LogP) is 5.19. The van der Waals surface area contributed by atoms with Crippen molar-refractivity contribution in [3.05, 3.63) is 60.4 Å². The van der Waals surface area contributed by atoms with Crippen LogP contribution >= 0.6 is 11.3 Å². The third-order valence-corrected chi connectivity index (χ3v) is 4.42. The van der Waals surface area contributed by atoms with Crippen molar-refractivity contribution in [2.45, 2.75) is 0 Å². The van der Waals surface area contributed by atoms with E-state index in [1.807, 2.05) is 18.2 Å². The number of halogens is 1. The Kier molecular flexibility index (Phi) is 2.23. The van der Waals surface area contributed by atoms with Gasteiger partial charge in [0.05, 0.1) is 10.6 Å². The highest BCUT2D eigenvalue weighted by Gasteiger charge is 2.07. The minimum Gasteiger partial charge on any atom is -0.354 e. The van der Waals surface area contributed by atoms with Crippen LogP contribution in [0.3, 0.4) is 0 Å². The summed E-state index contributed by atoms with van der Waals surface area (Å²) in [5.41, 5.74) is 2.01. The quantitative estimate of drug-likeness (QED) is 0.488. The fourth-order valence-corrected chi connectivity index (χ4v) is 3.39. The maximum atomic E-state index is 13.2. The van der Waals surface area contributed by atoms with Crippen molar-refractivity contribution in [3.63, 3.8) is 0 Å². The average Bonchev–Trinajstić information content (AvgIpc) is 3.00. The monoisotopic (exact) mass is 267 g/mol. The van der Waals surface area contributed by atoms with Crippen molar-refractivity contribution in [2.24, 2.45) is 0 Å². The molecular formula is C16H10FNS. The zero-order valence-corrected chi connectivity index (χ0v) is 10.8. The Morgan fingerprint density at radius 2 is 1.79 bits per heavy atom. The third kappa shape index (κ3) is 1.74. The van der Waals surface area contributed by atoms with E-state index in [1.165, 1.54) is 21.0 Å². The second-order valence-electron chi connectivity index (χ2n) is 4.56. The summed E-state index contributed by atoms with van der Waals surface area (Å²) in [5, 5.41) is 2.15. The smallest absolute Gasteiger partial charge is 0.123 e. The molecule has 19 heavy (non-hydrogen) atoms. The van der Waals surface area contributed by atoms with Gasteiger partial charge in [0.15, 0.2) is 0 Å². The molecule has 0 saturated heterocycles. The van der Waals surface area contributed by atoms with Crippen LogP contribution in [0, 0.1) is 5.82 Å². The highest BCUT2D eigenvalue weighted by molar-refractivity contribution is 7.22. The summed E-state index contributed by atoms with van der Waals surface area (Å²) in [6, 6.07) is 17.3. The van der Waals surface area contributed by atoms with Gasteiger partial charge in [-0.1, -0.05) is 18.2 Å². The first kappa shape index (κ1) is 10.8. The Balaban J connectivity index is 1.93. The van der Waals surface area contributed by atoms with Gasteiger partial charge in [-0.15, -0.1) is 11.3 Å². The van der Waals surface area contributed by atoms with E-state index < -0.39 is 0 Å². The van der Waals surface area contributed by atoms with Gasteiger partial charge in [0, 0.05) is 15.6 Å². The van der Waals surface area contributed by atoms with Gasteiger partial charge >= 0.3 is 0 Å². The minimum absolute atomic E-state index is 0.200. The Morgan fingerprint density at radius 1 is 0.895 bits per heavy atom. The molecule has 0 amide bonds. The predicted molar refractivity (Wildman–Crippen MR) is 79.1 cm³/mol. The summed E-state index contributed by atoms with van der Waals surface area (Å²) in [7, 11) is 0. The van der Waals surface area contributed by atoms with Gasteiger partial charge in [-0.2, -0.15) is 0 Å². The molecular weight excluding hydrogens is 257 g/mol. The van der Waals surface area contributed by atoms with Crippen LogP contribution in [0.15, 0.2) is 54.6 Å². The highest BCUT2D eigenvalue weighted by Crippen LogP contribution is 2.34. The number of H-pyrrole nitrogens is 1. The van der Waals surface area contributed by atoms with E-state index in [9.17, 15) is 4.39 Å². The van der Waals surface area contributed by atoms with E-state index in [-0.39, 0.29) is 5.82 Å². The molecule has 2 heterocycles. The second-order valence-corrected chi connectivity index (χ2v) is 5.65. The average molecular weight is 267 g/mol. The van der Waals surface area contributed by atoms with E-state index in [2.05, 4.69) is 23.2 Å². The standard InChI is InChI=1S/C16H10FNS/c17-12-5-6-13-11(7-12)8-14(18-13)16-9-10-3-1-2-4-15(10)19-16/h1-9,18H. The first-order chi connectivity index (χ1) is 9.29. The van der Waals surface area contributed by atoms with Crippen molar-refractivity contribution in [3.8, 4) is 10.6 Å². The Labute approximate surface area is 113 Å². The van der Waals surface area contributed by atoms with Crippen LogP contribution in [0.5, 0.6) is 0 Å². The Morgan fingerprint density at radius 3 is 2.68 bits per heavy atom. The van der Waals surface area contributed by atoms with Gasteiger partial charge in [-0.3, -0.25) is 0 Å². The largest absolute Gasteiger partial charge is 0.354 e. The summed E-state index contributed by atoms with van der Waals surface area (Å²) in [4.78, 5) is 4.52. The number of aromatic nitrogens is 1. The van der Waals surface area contributed by atoms with Crippen LogP contribution in [0.1, 0.15) is 0 Å². The van der Waals surface area contributed by atoms with E-state index in [1.54, 1.807) is 23.5 Å². The van der Waals surface area contributed by atoms with Crippen molar-refractivity contribution in [1.29, 1.82) is 0 Å². The summed E-state index contributed by atoms with van der Waals surface area (Å²) in [5.74, 6) is -0.200. The highest BCUT2D eigenvalue weighted by atomic mass is 32.1. The van der Waals surface area contributed by atoms with Crippen LogP contribution in [0.2, 0.25) is 0 Å². The lowest BCUT2D eigenvalue weighted by molar-refractivity contribution is 0.630. The van der Waals surface area contributed by atoms with E-state index in [4.69, 9.17) is 0 Å². The van der Waals surface area contributed by atoms with Gasteiger partial charge in [0.25, 0.3) is 0 Å². The number of benzene rings is 2. The van der Waals surface area contributed by atoms with Crippen molar-refractivity contribution >= 4 is 32.3 Å². The molecule has 0 aliphatic heterocycles. The number of hydrogen-bond acceptors (Lipinski definition) is 1. The molecule has 2 aromatic heterocycles. The molecule has 1 nitrogen and oxygen atoms in total. The SMILES string of the molecule is Fc1ccc2[nH]c(-c3cc4ccccc4s3)cc2c1. The molecule has 0 fully saturated rings. The molecule has 0 bridgehead atoms. The number of rotatable bonds is 1. The lowest BCUT2D eigenvalue weighted by Crippen LogP contribution is -1.71. The molecule has 0 aliphatic carbocycles. The fraction of sp³-hybridized carbons (Fsp3) is 0. The zero-order chi connectivity index (χ0) is 12.8. The lowest BCUT2D eigenvalue weighted by Gasteiger charge is -1.89. The van der Waals surface area contributed by atoms with Gasteiger partial charge in [0.2, 0.25) is 0 Å². The maximum absolute atomic E-state index is 13.2. The number of fused-ring (bicyclic) bond motifs is 2. The van der Waals surface area contributed by atoms with Gasteiger partial charge in [0.1, 0.15) is 5.82 Å². The van der Waals surface area contributed by atoms with Gasteiger partial charge in [-0.05, 0) is 41.8 Å². The van der Waals surface area contributed by atoms with Crippen LogP contribution < -0.4 is 0 Å². The first-order valence-electron chi connectivity index (χ1n) is 6.07. The molecule has 2 aromatic carbocycles. The van der Waals surface area contributed by atoms with Crippen molar-refractivity contribution < 1.29 is 4.39 Å². The molecule has 4 rings (SSSR count). The zero-order valence-electron chi connectivity index (χ0n) is 9.98. The van der Waals surface area contributed by atoms with Crippen LogP contribution in [0.4, 0.5) is 4.39 Å². The van der Waals surface area contributed by atoms with Crippen molar-refractivity contribution in [2.75, 3.05) is 0 Å². The number of nitrogens with one attached hydrogen (secondary N) is 1. The maximum Gasteiger partial charge on any atom is 0.123 e. The summed E-state index contributed by atoms with van der Waals surface area (Å²) >= 11 is 1.74. The minimum atomic E-state index is -0.200. The molecule has 0 unspecified atom stereocenters. The summed E-state index contributed by atoms with van der Waals surface area (Å²) in [6.07, 6.45) is 0. The molecule has 0 saturated carbocycles. The Hall–Kier alpha value is -2.13. The molecule has 0 atom stereocenters. The van der Waals surface area contributed by atoms with E-state index in [0.717, 1.165) is 16.6 Å². The summed E-state index contributed by atoms with van der Waals surface area (Å²) in [6.45, 7) is 0. The van der Waals surface area contributed by atoms with Crippen LogP contribution in [-0.2, 0) is 0 Å². The van der Waals surface area contributed by atoms with E-state index >= 15 is 0 Å². The molecule has 1 N–H and O–H groups in total. The number of aromatic amines is 1. The lowest BCUT2D eigenvalue weighted by atomic mass is 10.2. The molecule has 0 radical (unpaired) electrons. The van der Waals surface area contributed by atoms with Gasteiger partial charge < -0.3 is 4.98 Å². The molecule has 0 spiro atoms. The third-order valence-electron chi connectivity index (χ3n) is 3.27. The molecule has 4 aromatic rings.